The molecular weight excluding hydrogens is 174 g/mol. The van der Waals surface area contributed by atoms with Gasteiger partial charge in [0.2, 0.25) is 5.82 Å². The second kappa shape index (κ2) is 3.53. The van der Waals surface area contributed by atoms with Crippen LogP contribution in [0.1, 0.15) is 10.6 Å². The van der Waals surface area contributed by atoms with Crippen molar-refractivity contribution in [2.45, 2.75) is 4.90 Å². The smallest absolute Gasteiger partial charge is 0.291 e. The average Bonchev–Trinajstić information content (AvgIpc) is 2.04. The van der Waals surface area contributed by atoms with E-state index in [2.05, 4.69) is 22.6 Å². The van der Waals surface area contributed by atoms with Gasteiger partial charge < -0.3 is 4.90 Å². The molecule has 64 valence electrons. The van der Waals surface area contributed by atoms with Crippen LogP contribution in [0.4, 0.5) is 0 Å². The third-order valence-corrected chi connectivity index (χ3v) is 1.47. The second-order valence-electron chi connectivity index (χ2n) is 2.46. The Morgan fingerprint density at radius 3 is 2.33 bits per heavy atom. The van der Waals surface area contributed by atoms with Gasteiger partial charge in [-0.1, -0.05) is 0 Å². The maximum Gasteiger partial charge on any atom is 0.291 e. The normalized spacial score (nSPS) is 9.58. The molecule has 12 heavy (non-hydrogen) atoms. The van der Waals surface area contributed by atoms with E-state index in [1.54, 1.807) is 14.1 Å². The van der Waals surface area contributed by atoms with Crippen LogP contribution in [-0.2, 0) is 0 Å². The average molecular weight is 183 g/mol. The van der Waals surface area contributed by atoms with Gasteiger partial charge in [-0.25, -0.2) is 9.97 Å². The van der Waals surface area contributed by atoms with Crippen LogP contribution < -0.4 is 0 Å². The van der Waals surface area contributed by atoms with Gasteiger partial charge >= 0.3 is 0 Å². The molecule has 4 nitrogen and oxygen atoms in total. The number of amides is 1. The van der Waals surface area contributed by atoms with E-state index in [1.807, 2.05) is 0 Å². The molecule has 1 heterocycles. The summed E-state index contributed by atoms with van der Waals surface area (Å²) in [5.74, 6) is -0.0128. The van der Waals surface area contributed by atoms with E-state index in [0.29, 0.717) is 4.90 Å². The van der Waals surface area contributed by atoms with Crippen LogP contribution in [0.25, 0.3) is 0 Å². The molecule has 0 saturated carbocycles. The summed E-state index contributed by atoms with van der Waals surface area (Å²) >= 11 is 4.00. The number of thiol groups is 1. The Hall–Kier alpha value is -1.10. The van der Waals surface area contributed by atoms with E-state index >= 15 is 0 Å². The molecule has 1 rings (SSSR count). The highest BCUT2D eigenvalue weighted by molar-refractivity contribution is 7.80. The van der Waals surface area contributed by atoms with Crippen molar-refractivity contribution in [3.8, 4) is 0 Å². The molecule has 0 fully saturated rings. The lowest BCUT2D eigenvalue weighted by atomic mass is 10.5. The Balaban J connectivity index is 2.90. The number of rotatable bonds is 1. The summed E-state index contributed by atoms with van der Waals surface area (Å²) in [6.07, 6.45) is 2.99. The van der Waals surface area contributed by atoms with Crippen molar-refractivity contribution in [1.82, 2.24) is 14.9 Å². The maximum atomic E-state index is 11.2. The SMILES string of the molecule is CN(C)C(=O)c1ncc(S)cn1. The van der Waals surface area contributed by atoms with Crippen LogP contribution in [-0.4, -0.2) is 34.9 Å². The zero-order valence-corrected chi connectivity index (χ0v) is 7.75. The predicted octanol–water partition coefficient (Wildman–Crippen LogP) is 0.467. The first-order valence-electron chi connectivity index (χ1n) is 3.34. The number of nitrogens with zero attached hydrogens (tertiary/aromatic N) is 3. The van der Waals surface area contributed by atoms with Crippen molar-refractivity contribution < 1.29 is 4.79 Å². The molecule has 0 radical (unpaired) electrons. The molecule has 1 aromatic heterocycles. The molecule has 0 saturated heterocycles. The Labute approximate surface area is 76.0 Å². The third-order valence-electron chi connectivity index (χ3n) is 1.24. The van der Waals surface area contributed by atoms with Gasteiger partial charge in [0.25, 0.3) is 5.91 Å². The zero-order valence-electron chi connectivity index (χ0n) is 6.85. The van der Waals surface area contributed by atoms with Gasteiger partial charge in [-0.2, -0.15) is 0 Å². The minimum atomic E-state index is -0.205. The first-order valence-corrected chi connectivity index (χ1v) is 3.78. The molecule has 1 amide bonds. The number of hydrogen-bond acceptors (Lipinski definition) is 4. The van der Waals surface area contributed by atoms with Crippen LogP contribution in [0.2, 0.25) is 0 Å². The second-order valence-corrected chi connectivity index (χ2v) is 2.98. The van der Waals surface area contributed by atoms with E-state index in [0.717, 1.165) is 0 Å². The topological polar surface area (TPSA) is 46.1 Å². The molecule has 0 aliphatic rings. The highest BCUT2D eigenvalue weighted by Crippen LogP contribution is 2.01. The molecular formula is C7H9N3OS. The van der Waals surface area contributed by atoms with Gasteiger partial charge in [0.15, 0.2) is 0 Å². The molecule has 5 heteroatoms. The molecule has 0 aliphatic carbocycles. The molecule has 0 atom stereocenters. The van der Waals surface area contributed by atoms with Crippen molar-refractivity contribution in [2.75, 3.05) is 14.1 Å². The lowest BCUT2D eigenvalue weighted by molar-refractivity contribution is 0.0815. The lowest BCUT2D eigenvalue weighted by Gasteiger charge is -2.07. The first-order chi connectivity index (χ1) is 5.61. The van der Waals surface area contributed by atoms with E-state index < -0.39 is 0 Å². The molecule has 0 aromatic carbocycles. The van der Waals surface area contributed by atoms with Crippen molar-refractivity contribution >= 4 is 18.5 Å². The van der Waals surface area contributed by atoms with Gasteiger partial charge in [-0.05, 0) is 0 Å². The minimum absolute atomic E-state index is 0.192. The van der Waals surface area contributed by atoms with E-state index in [-0.39, 0.29) is 11.7 Å². The van der Waals surface area contributed by atoms with E-state index in [9.17, 15) is 4.79 Å². The molecule has 0 spiro atoms. The van der Waals surface area contributed by atoms with Crippen LogP contribution in [0, 0.1) is 0 Å². The van der Waals surface area contributed by atoms with Gasteiger partial charge in [0.1, 0.15) is 0 Å². The summed E-state index contributed by atoms with van der Waals surface area (Å²) in [7, 11) is 3.31. The van der Waals surface area contributed by atoms with E-state index in [4.69, 9.17) is 0 Å². The zero-order chi connectivity index (χ0) is 9.14. The van der Waals surface area contributed by atoms with Crippen molar-refractivity contribution in [3.63, 3.8) is 0 Å². The van der Waals surface area contributed by atoms with Crippen LogP contribution in [0.5, 0.6) is 0 Å². The molecule has 0 unspecified atom stereocenters. The lowest BCUT2D eigenvalue weighted by Crippen LogP contribution is -2.23. The Bertz CT molecular complexity index is 283. The standard InChI is InChI=1S/C7H9N3OS/c1-10(2)7(11)6-8-3-5(12)4-9-6/h3-4,12H,1-2H3. The largest absolute Gasteiger partial charge is 0.342 e. The Kier molecular flexibility index (Phi) is 2.65. The quantitative estimate of drug-likeness (QED) is 0.644. The summed E-state index contributed by atoms with van der Waals surface area (Å²) in [5, 5.41) is 0. The van der Waals surface area contributed by atoms with Gasteiger partial charge in [0, 0.05) is 31.4 Å². The first kappa shape index (κ1) is 8.99. The van der Waals surface area contributed by atoms with Gasteiger partial charge in [-0.15, -0.1) is 12.6 Å². The molecule has 1 aromatic rings. The molecule has 0 bridgehead atoms. The molecule has 0 aliphatic heterocycles. The van der Waals surface area contributed by atoms with E-state index in [1.165, 1.54) is 17.3 Å². The minimum Gasteiger partial charge on any atom is -0.342 e. The summed E-state index contributed by atoms with van der Waals surface area (Å²) < 4.78 is 0. The van der Waals surface area contributed by atoms with Crippen molar-refractivity contribution in [2.24, 2.45) is 0 Å². The highest BCUT2D eigenvalue weighted by Gasteiger charge is 2.09. The number of carbonyl (C=O) groups excluding carboxylic acids is 1. The number of carbonyl (C=O) groups is 1. The van der Waals surface area contributed by atoms with Gasteiger partial charge in [-0.3, -0.25) is 4.79 Å². The fourth-order valence-electron chi connectivity index (χ4n) is 0.632. The van der Waals surface area contributed by atoms with Crippen LogP contribution in [0.15, 0.2) is 17.3 Å². The Morgan fingerprint density at radius 1 is 1.42 bits per heavy atom. The molecule has 0 N–H and O–H groups in total. The summed E-state index contributed by atoms with van der Waals surface area (Å²) in [5.41, 5.74) is 0. The maximum absolute atomic E-state index is 11.2. The fraction of sp³-hybridized carbons (Fsp3) is 0.286. The van der Waals surface area contributed by atoms with Crippen molar-refractivity contribution in [1.29, 1.82) is 0 Å². The van der Waals surface area contributed by atoms with Gasteiger partial charge in [0.05, 0.1) is 0 Å². The van der Waals surface area contributed by atoms with Crippen molar-refractivity contribution in [3.05, 3.63) is 18.2 Å². The number of hydrogen-bond donors (Lipinski definition) is 1. The fourth-order valence-corrected chi connectivity index (χ4v) is 0.747. The number of aromatic nitrogens is 2. The highest BCUT2D eigenvalue weighted by atomic mass is 32.1. The summed E-state index contributed by atoms with van der Waals surface area (Å²) in [6.45, 7) is 0. The summed E-state index contributed by atoms with van der Waals surface area (Å²) in [4.78, 5) is 20.9. The summed E-state index contributed by atoms with van der Waals surface area (Å²) in [6, 6.07) is 0. The third kappa shape index (κ3) is 1.94. The van der Waals surface area contributed by atoms with Crippen LogP contribution >= 0.6 is 12.6 Å². The van der Waals surface area contributed by atoms with Crippen LogP contribution in [0.3, 0.4) is 0 Å². The Morgan fingerprint density at radius 2 is 1.92 bits per heavy atom. The monoisotopic (exact) mass is 183 g/mol. The predicted molar refractivity (Wildman–Crippen MR) is 47.3 cm³/mol.